The topological polar surface area (TPSA) is 75.7 Å². The Bertz CT molecular complexity index is 548. The molecule has 112 valence electrons. The highest BCUT2D eigenvalue weighted by molar-refractivity contribution is 6.22. The van der Waals surface area contributed by atoms with E-state index in [-0.39, 0.29) is 5.92 Å². The van der Waals surface area contributed by atoms with Gasteiger partial charge in [-0.25, -0.2) is 5.48 Å². The molecule has 21 heavy (non-hydrogen) atoms. The zero-order valence-corrected chi connectivity index (χ0v) is 12.3. The first-order valence-electron chi connectivity index (χ1n) is 6.77. The molecule has 0 bridgehead atoms. The van der Waals surface area contributed by atoms with Crippen LogP contribution in [-0.2, 0) is 9.63 Å². The number of amides is 3. The smallest absolute Gasteiger partial charge is 0.266 e. The van der Waals surface area contributed by atoms with Crippen molar-refractivity contribution >= 4 is 17.7 Å². The summed E-state index contributed by atoms with van der Waals surface area (Å²) >= 11 is 0. The van der Waals surface area contributed by atoms with Gasteiger partial charge in [-0.15, -0.1) is 0 Å². The lowest BCUT2D eigenvalue weighted by atomic mass is 10.0. The van der Waals surface area contributed by atoms with E-state index in [1.807, 2.05) is 13.8 Å². The zero-order valence-electron chi connectivity index (χ0n) is 12.3. The number of nitrogens with one attached hydrogen (secondary N) is 1. The van der Waals surface area contributed by atoms with Crippen LogP contribution in [0.2, 0.25) is 0 Å². The van der Waals surface area contributed by atoms with E-state index in [1.54, 1.807) is 24.3 Å². The summed E-state index contributed by atoms with van der Waals surface area (Å²) in [6.07, 6.45) is 0.376. The minimum absolute atomic E-state index is 0.141. The first-order chi connectivity index (χ1) is 9.97. The fraction of sp³-hybridized carbons (Fsp3) is 0.400. The molecule has 3 amide bonds. The molecule has 1 aliphatic heterocycles. The Morgan fingerprint density at radius 2 is 1.71 bits per heavy atom. The zero-order chi connectivity index (χ0) is 15.6. The van der Waals surface area contributed by atoms with Crippen LogP contribution in [0.25, 0.3) is 0 Å². The fourth-order valence-corrected chi connectivity index (χ4v) is 2.44. The van der Waals surface area contributed by atoms with E-state index in [2.05, 4.69) is 10.3 Å². The molecule has 0 saturated heterocycles. The molecule has 1 atom stereocenters. The molecular weight excluding hydrogens is 272 g/mol. The number of fused-ring (bicyclic) bond motifs is 1. The molecule has 1 aromatic rings. The maximum Gasteiger partial charge on any atom is 0.266 e. The number of hydroxylamine groups is 1. The van der Waals surface area contributed by atoms with Crippen LogP contribution in [0.4, 0.5) is 0 Å². The molecule has 2 rings (SSSR count). The summed E-state index contributed by atoms with van der Waals surface area (Å²) < 4.78 is 0. The molecule has 6 heteroatoms. The summed E-state index contributed by atoms with van der Waals surface area (Å²) in [6.45, 7) is 3.84. The van der Waals surface area contributed by atoms with E-state index in [1.165, 1.54) is 7.11 Å². The van der Waals surface area contributed by atoms with E-state index < -0.39 is 23.8 Å². The van der Waals surface area contributed by atoms with Crippen molar-refractivity contribution in [2.24, 2.45) is 5.92 Å². The largest absolute Gasteiger partial charge is 0.277 e. The Kier molecular flexibility index (Phi) is 4.37. The Morgan fingerprint density at radius 3 is 2.14 bits per heavy atom. The monoisotopic (exact) mass is 290 g/mol. The second-order valence-corrected chi connectivity index (χ2v) is 5.34. The third-order valence-electron chi connectivity index (χ3n) is 3.34. The van der Waals surface area contributed by atoms with Gasteiger partial charge in [0.25, 0.3) is 17.7 Å². The molecule has 0 fully saturated rings. The summed E-state index contributed by atoms with van der Waals surface area (Å²) in [4.78, 5) is 42.6. The van der Waals surface area contributed by atoms with E-state index in [0.29, 0.717) is 17.5 Å². The minimum Gasteiger partial charge on any atom is -0.277 e. The van der Waals surface area contributed by atoms with Crippen molar-refractivity contribution in [1.82, 2.24) is 10.4 Å². The molecule has 0 aromatic heterocycles. The van der Waals surface area contributed by atoms with Crippen molar-refractivity contribution in [3.8, 4) is 0 Å². The van der Waals surface area contributed by atoms with E-state index >= 15 is 0 Å². The summed E-state index contributed by atoms with van der Waals surface area (Å²) in [7, 11) is 1.31. The van der Waals surface area contributed by atoms with Crippen molar-refractivity contribution in [2.75, 3.05) is 7.11 Å². The van der Waals surface area contributed by atoms with Gasteiger partial charge in [-0.1, -0.05) is 26.0 Å². The molecule has 0 aliphatic carbocycles. The van der Waals surface area contributed by atoms with E-state index in [9.17, 15) is 14.4 Å². The summed E-state index contributed by atoms with van der Waals surface area (Å²) in [5.41, 5.74) is 2.88. The van der Waals surface area contributed by atoms with Gasteiger partial charge in [0.15, 0.2) is 0 Å². The molecule has 1 aromatic carbocycles. The normalized spacial score (nSPS) is 15.3. The van der Waals surface area contributed by atoms with Crippen LogP contribution in [0, 0.1) is 5.92 Å². The van der Waals surface area contributed by atoms with Crippen LogP contribution >= 0.6 is 0 Å². The number of imide groups is 1. The molecule has 0 radical (unpaired) electrons. The van der Waals surface area contributed by atoms with Crippen molar-refractivity contribution in [2.45, 2.75) is 26.3 Å². The van der Waals surface area contributed by atoms with Crippen molar-refractivity contribution in [3.05, 3.63) is 35.4 Å². The van der Waals surface area contributed by atoms with Crippen LogP contribution in [-0.4, -0.2) is 35.8 Å². The van der Waals surface area contributed by atoms with Gasteiger partial charge < -0.3 is 0 Å². The van der Waals surface area contributed by atoms with E-state index in [0.717, 1.165) is 4.90 Å². The molecule has 1 heterocycles. The average molecular weight is 290 g/mol. The number of benzene rings is 1. The standard InChI is InChI=1S/C15H18N2O4/c1-9(2)8-12(13(18)16-21-3)17-14(19)10-6-4-5-7-11(10)15(17)20/h4-7,9,12H,8H2,1-3H3,(H,16,18). The average Bonchev–Trinajstić information content (AvgIpc) is 2.69. The fourth-order valence-electron chi connectivity index (χ4n) is 2.44. The van der Waals surface area contributed by atoms with Gasteiger partial charge in [0.2, 0.25) is 0 Å². The Hall–Kier alpha value is -2.21. The van der Waals surface area contributed by atoms with Gasteiger partial charge in [0, 0.05) is 0 Å². The highest BCUT2D eigenvalue weighted by atomic mass is 16.6. The van der Waals surface area contributed by atoms with Crippen LogP contribution in [0.5, 0.6) is 0 Å². The first-order valence-corrected chi connectivity index (χ1v) is 6.77. The summed E-state index contributed by atoms with van der Waals surface area (Å²) in [6, 6.07) is 5.70. The predicted octanol–water partition coefficient (Wildman–Crippen LogP) is 1.37. The van der Waals surface area contributed by atoms with Crippen LogP contribution in [0.3, 0.4) is 0 Å². The van der Waals surface area contributed by atoms with Gasteiger partial charge >= 0.3 is 0 Å². The molecule has 1 unspecified atom stereocenters. The lowest BCUT2D eigenvalue weighted by Gasteiger charge is -2.26. The Balaban J connectivity index is 2.36. The number of hydrogen-bond acceptors (Lipinski definition) is 4. The second kappa shape index (κ2) is 6.05. The SMILES string of the molecule is CONC(=O)C(CC(C)C)N1C(=O)c2ccccc2C1=O. The third-order valence-corrected chi connectivity index (χ3v) is 3.34. The number of carbonyl (C=O) groups is 3. The van der Waals surface area contributed by atoms with Gasteiger partial charge in [0.1, 0.15) is 6.04 Å². The number of rotatable bonds is 5. The quantitative estimate of drug-likeness (QED) is 0.656. The number of hydrogen-bond donors (Lipinski definition) is 1. The molecular formula is C15H18N2O4. The lowest BCUT2D eigenvalue weighted by Crippen LogP contribution is -2.49. The second-order valence-electron chi connectivity index (χ2n) is 5.34. The molecule has 6 nitrogen and oxygen atoms in total. The van der Waals surface area contributed by atoms with Crippen molar-refractivity contribution in [3.63, 3.8) is 0 Å². The highest BCUT2D eigenvalue weighted by Gasteiger charge is 2.42. The Morgan fingerprint density at radius 1 is 1.19 bits per heavy atom. The van der Waals surface area contributed by atoms with Crippen molar-refractivity contribution < 1.29 is 19.2 Å². The molecule has 0 spiro atoms. The summed E-state index contributed by atoms with van der Waals surface area (Å²) in [5, 5.41) is 0. The number of nitrogens with zero attached hydrogens (tertiary/aromatic N) is 1. The van der Waals surface area contributed by atoms with Gasteiger partial charge in [0.05, 0.1) is 18.2 Å². The number of carbonyl (C=O) groups excluding carboxylic acids is 3. The summed E-state index contributed by atoms with van der Waals surface area (Å²) in [5.74, 6) is -1.23. The lowest BCUT2D eigenvalue weighted by molar-refractivity contribution is -0.136. The molecule has 1 aliphatic rings. The maximum absolute atomic E-state index is 12.4. The van der Waals surface area contributed by atoms with E-state index in [4.69, 9.17) is 0 Å². The maximum atomic E-state index is 12.4. The van der Waals surface area contributed by atoms with Gasteiger partial charge in [-0.2, -0.15) is 0 Å². The third kappa shape index (κ3) is 2.80. The minimum atomic E-state index is -0.877. The molecule has 0 saturated carbocycles. The van der Waals surface area contributed by atoms with Crippen LogP contribution in [0.1, 0.15) is 41.0 Å². The Labute approximate surface area is 123 Å². The highest BCUT2D eigenvalue weighted by Crippen LogP contribution is 2.26. The van der Waals surface area contributed by atoms with Gasteiger partial charge in [-0.3, -0.25) is 24.1 Å². The van der Waals surface area contributed by atoms with Crippen LogP contribution in [0.15, 0.2) is 24.3 Å². The predicted molar refractivity (Wildman–Crippen MR) is 75.3 cm³/mol. The molecule has 1 N–H and O–H groups in total. The van der Waals surface area contributed by atoms with Gasteiger partial charge in [-0.05, 0) is 24.5 Å². The van der Waals surface area contributed by atoms with Crippen LogP contribution < -0.4 is 5.48 Å². The first kappa shape index (κ1) is 15.2. The van der Waals surface area contributed by atoms with Crippen molar-refractivity contribution in [1.29, 1.82) is 0 Å².